The number of hydrogen-bond acceptors (Lipinski definition) is 11. The lowest BCUT2D eigenvalue weighted by atomic mass is 9.85. The third-order valence-corrected chi connectivity index (χ3v) is 11.1. The molecule has 3 aliphatic rings. The number of ether oxygens (including phenoxy) is 2. The van der Waals surface area contributed by atoms with Crippen molar-refractivity contribution in [2.24, 2.45) is 11.3 Å². The van der Waals surface area contributed by atoms with Crippen molar-refractivity contribution >= 4 is 27.7 Å². The summed E-state index contributed by atoms with van der Waals surface area (Å²) in [5.74, 6) is -3.18. The van der Waals surface area contributed by atoms with Gasteiger partial charge in [-0.15, -0.1) is 10.2 Å². The minimum absolute atomic E-state index is 0.0192. The second-order valence-electron chi connectivity index (χ2n) is 14.5. The molecule has 18 heteroatoms. The smallest absolute Gasteiger partial charge is 0.259 e. The first kappa shape index (κ1) is 37.5. The summed E-state index contributed by atoms with van der Waals surface area (Å²) < 4.78 is 65.9. The van der Waals surface area contributed by atoms with Gasteiger partial charge in [0.25, 0.3) is 5.91 Å². The zero-order valence-corrected chi connectivity index (χ0v) is 29.9. The number of methoxy groups -OCH3 is 1. The summed E-state index contributed by atoms with van der Waals surface area (Å²) in [6, 6.07) is 4.32. The highest BCUT2D eigenvalue weighted by molar-refractivity contribution is 7.91. The number of benzene rings is 1. The summed E-state index contributed by atoms with van der Waals surface area (Å²) in [5, 5.41) is 17.8. The molecule has 1 unspecified atom stereocenters. The minimum atomic E-state index is -4.08. The molecule has 2 saturated carbocycles. The Morgan fingerprint density at radius 3 is 2.36 bits per heavy atom. The van der Waals surface area contributed by atoms with Crippen LogP contribution in [0.25, 0.3) is 11.4 Å². The van der Waals surface area contributed by atoms with Gasteiger partial charge in [0.05, 0.1) is 43.1 Å². The number of carbonyl (C=O) groups excluding carboxylic acids is 3. The average molecular weight is 725 g/mol. The fourth-order valence-corrected chi connectivity index (χ4v) is 7.54. The van der Waals surface area contributed by atoms with Crippen LogP contribution in [0.3, 0.4) is 0 Å². The van der Waals surface area contributed by atoms with Gasteiger partial charge in [0.2, 0.25) is 34.1 Å². The number of aromatic nitrogens is 4. The molecule has 3 amide bonds. The van der Waals surface area contributed by atoms with Crippen molar-refractivity contribution in [1.29, 1.82) is 0 Å². The Morgan fingerprint density at radius 2 is 1.80 bits per heavy atom. The van der Waals surface area contributed by atoms with Gasteiger partial charge >= 0.3 is 0 Å². The van der Waals surface area contributed by atoms with Crippen LogP contribution in [-0.2, 0) is 29.1 Å². The van der Waals surface area contributed by atoms with Crippen molar-refractivity contribution in [1.82, 2.24) is 40.5 Å². The van der Waals surface area contributed by atoms with Gasteiger partial charge in [-0.25, -0.2) is 17.2 Å². The number of sulfonamides is 1. The zero-order chi connectivity index (χ0) is 36.6. The molecule has 0 bridgehead atoms. The van der Waals surface area contributed by atoms with E-state index in [1.54, 1.807) is 31.4 Å². The average Bonchev–Trinajstić information content (AvgIpc) is 3.93. The summed E-state index contributed by atoms with van der Waals surface area (Å²) in [6.07, 6.45) is -2.80. The molecule has 0 radical (unpaired) electrons. The van der Waals surface area contributed by atoms with Gasteiger partial charge < -0.3 is 25.0 Å². The molecule has 276 valence electrons. The molecule has 1 aromatic carbocycles. The number of nitrogens with one attached hydrogen (secondary N) is 3. The first-order valence-electron chi connectivity index (χ1n) is 16.7. The molecule has 15 nitrogen and oxygen atoms in total. The Labute approximate surface area is 290 Å². The normalized spacial score (nSPS) is 24.4. The van der Waals surface area contributed by atoms with Crippen LogP contribution in [0, 0.1) is 11.3 Å². The predicted octanol–water partition coefficient (Wildman–Crippen LogP) is 1.67. The Bertz CT molecular complexity index is 1660. The van der Waals surface area contributed by atoms with Crippen LogP contribution >= 0.6 is 0 Å². The molecule has 1 aromatic heterocycles. The number of nitrogens with zero attached hydrogens (tertiary/aromatic N) is 5. The third kappa shape index (κ3) is 8.23. The second kappa shape index (κ2) is 14.5. The van der Waals surface area contributed by atoms with E-state index in [2.05, 4.69) is 26.0 Å². The van der Waals surface area contributed by atoms with E-state index in [1.807, 2.05) is 39.3 Å². The van der Waals surface area contributed by atoms with Crippen molar-refractivity contribution in [3.8, 4) is 17.1 Å². The van der Waals surface area contributed by atoms with Gasteiger partial charge in [0.1, 0.15) is 17.3 Å². The van der Waals surface area contributed by atoms with Crippen LogP contribution in [0.4, 0.5) is 8.78 Å². The number of amides is 3. The predicted molar refractivity (Wildman–Crippen MR) is 176 cm³/mol. The quantitative estimate of drug-likeness (QED) is 0.227. The maximum Gasteiger partial charge on any atom is 0.259 e. The van der Waals surface area contributed by atoms with E-state index in [0.717, 1.165) is 0 Å². The van der Waals surface area contributed by atoms with E-state index in [4.69, 9.17) is 9.47 Å². The molecule has 3 fully saturated rings. The maximum absolute atomic E-state index is 14.3. The molecule has 0 spiro atoms. The first-order chi connectivity index (χ1) is 23.5. The lowest BCUT2D eigenvalue weighted by molar-refractivity contribution is -0.143. The lowest BCUT2D eigenvalue weighted by Gasteiger charge is -2.36. The summed E-state index contributed by atoms with van der Waals surface area (Å²) in [5.41, 5.74) is -2.13. The molecule has 5 rings (SSSR count). The summed E-state index contributed by atoms with van der Waals surface area (Å²) in [6.45, 7) is 10.0. The molecular weight excluding hydrogens is 678 g/mol. The monoisotopic (exact) mass is 724 g/mol. The van der Waals surface area contributed by atoms with Gasteiger partial charge in [-0.2, -0.15) is 4.80 Å². The minimum Gasteiger partial charge on any atom is -0.497 e. The number of alkyl halides is 2. The Kier molecular flexibility index (Phi) is 10.8. The summed E-state index contributed by atoms with van der Waals surface area (Å²) in [7, 11) is -2.54. The van der Waals surface area contributed by atoms with Gasteiger partial charge in [0.15, 0.2) is 0 Å². The highest BCUT2D eigenvalue weighted by atomic mass is 32.2. The Morgan fingerprint density at radius 1 is 1.12 bits per heavy atom. The fourth-order valence-electron chi connectivity index (χ4n) is 6.18. The van der Waals surface area contributed by atoms with E-state index in [0.29, 0.717) is 43.1 Å². The van der Waals surface area contributed by atoms with E-state index in [9.17, 15) is 31.6 Å². The fraction of sp³-hybridized carbons (Fsp3) is 0.688. The standard InChI is InChI=1S/C32H46F2N8O7S/c1-18(2)49-14-13-35-25(31(3,4)5)29(44)41-17-20(42-38-27(37-40-42)19-7-9-21(48-6)10-8-19)15-24(41)28(43)36-32(16-23(32)26(33)34)30(45)39-50(46,47)22-11-12-22/h7-10,18,20,22-26,35H,11-17H2,1-6H3,(H,36,43)(H,39,45)/t20-,23+,24?,25-,32-/m1/s1. The number of hydrogen-bond donors (Lipinski definition) is 3. The Hall–Kier alpha value is -3.77. The number of rotatable bonds is 15. The van der Waals surface area contributed by atoms with Crippen LogP contribution in [0.2, 0.25) is 0 Å². The number of likely N-dealkylation sites (tertiary alicyclic amines) is 1. The van der Waals surface area contributed by atoms with Gasteiger partial charge in [-0.1, -0.05) is 20.8 Å². The van der Waals surface area contributed by atoms with E-state index in [1.165, 1.54) is 9.70 Å². The molecule has 1 saturated heterocycles. The topological polar surface area (TPSA) is 187 Å². The van der Waals surface area contributed by atoms with Crippen LogP contribution in [0.5, 0.6) is 5.75 Å². The molecule has 1 aliphatic heterocycles. The van der Waals surface area contributed by atoms with E-state index < -0.39 is 80.8 Å². The molecule has 3 N–H and O–H groups in total. The van der Waals surface area contributed by atoms with Crippen molar-refractivity contribution < 1.29 is 41.1 Å². The van der Waals surface area contributed by atoms with E-state index in [-0.39, 0.29) is 19.1 Å². The van der Waals surface area contributed by atoms with Crippen molar-refractivity contribution in [2.45, 2.75) is 102 Å². The molecule has 2 aliphatic carbocycles. The number of carbonyl (C=O) groups is 3. The van der Waals surface area contributed by atoms with Crippen molar-refractivity contribution in [2.75, 3.05) is 26.8 Å². The van der Waals surface area contributed by atoms with Gasteiger partial charge in [-0.05, 0) is 68.0 Å². The number of tetrazole rings is 1. The van der Waals surface area contributed by atoms with Crippen LogP contribution in [-0.4, -0.2) is 113 Å². The SMILES string of the molecule is COc1ccc(-c2nnn([C@@H]3CC(C(=O)N[C@]4(C(=O)NS(=O)(=O)C5CC5)C[C@H]4C(F)F)N(C(=O)[C@@H](NCCOC(C)C)C(C)(C)C)C3)n2)cc1. The largest absolute Gasteiger partial charge is 0.497 e. The van der Waals surface area contributed by atoms with Crippen LogP contribution < -0.4 is 20.1 Å². The van der Waals surface area contributed by atoms with Crippen LogP contribution in [0.15, 0.2) is 24.3 Å². The highest BCUT2D eigenvalue weighted by Crippen LogP contribution is 2.48. The lowest BCUT2D eigenvalue weighted by Crippen LogP contribution is -2.60. The van der Waals surface area contributed by atoms with E-state index >= 15 is 0 Å². The van der Waals surface area contributed by atoms with Crippen molar-refractivity contribution in [3.63, 3.8) is 0 Å². The first-order valence-corrected chi connectivity index (χ1v) is 18.3. The third-order valence-electron chi connectivity index (χ3n) is 9.25. The molecule has 50 heavy (non-hydrogen) atoms. The molecule has 2 heterocycles. The zero-order valence-electron chi connectivity index (χ0n) is 29.1. The summed E-state index contributed by atoms with van der Waals surface area (Å²) in [4.78, 5) is 44.3. The van der Waals surface area contributed by atoms with Crippen molar-refractivity contribution in [3.05, 3.63) is 24.3 Å². The van der Waals surface area contributed by atoms with Gasteiger partial charge in [-0.3, -0.25) is 19.1 Å². The molecule has 5 atom stereocenters. The number of halogens is 2. The highest BCUT2D eigenvalue weighted by Gasteiger charge is 2.66. The molecular formula is C32H46F2N8O7S. The second-order valence-corrected chi connectivity index (χ2v) is 16.5. The summed E-state index contributed by atoms with van der Waals surface area (Å²) >= 11 is 0. The van der Waals surface area contributed by atoms with Gasteiger partial charge in [0, 0.05) is 25.1 Å². The van der Waals surface area contributed by atoms with Crippen LogP contribution in [0.1, 0.15) is 66.3 Å². The Balaban J connectivity index is 1.42. The maximum atomic E-state index is 14.3. The molecule has 2 aromatic rings.